The van der Waals surface area contributed by atoms with Crippen molar-refractivity contribution < 1.29 is 4.21 Å². The van der Waals surface area contributed by atoms with Crippen molar-refractivity contribution in [3.8, 4) is 0 Å². The highest BCUT2D eigenvalue weighted by Gasteiger charge is 2.11. The minimum atomic E-state index is -1.13. The van der Waals surface area contributed by atoms with Crippen LogP contribution in [0.1, 0.15) is 39.5 Å². The first-order valence-corrected chi connectivity index (χ1v) is 5.83. The Morgan fingerprint density at radius 3 is 1.90 bits per heavy atom. The Labute approximate surface area is 70.1 Å². The van der Waals surface area contributed by atoms with Gasteiger partial charge in [-0.3, -0.25) is 0 Å². The summed E-state index contributed by atoms with van der Waals surface area (Å²) in [6.07, 6.45) is 4.13. The van der Waals surface area contributed by atoms with E-state index >= 15 is 0 Å². The van der Waals surface area contributed by atoms with Crippen LogP contribution in [-0.4, -0.2) is 9.46 Å². The summed E-state index contributed by atoms with van der Waals surface area (Å²) < 4.78 is 10.8. The standard InChI is InChI=1S/C7H15ClOS/c1-3-5-7(6-4-2)10(8)9/h7H,3-6H2,1-2H3. The Kier molecular flexibility index (Phi) is 6.44. The Bertz CT molecular complexity index is 99.8. The molecular weight excluding hydrogens is 168 g/mol. The molecular formula is C7H15ClOS. The van der Waals surface area contributed by atoms with Gasteiger partial charge in [-0.15, -0.1) is 0 Å². The molecule has 0 saturated heterocycles. The maximum absolute atomic E-state index is 10.8. The van der Waals surface area contributed by atoms with Crippen LogP contribution < -0.4 is 0 Å². The van der Waals surface area contributed by atoms with Crippen molar-refractivity contribution in [2.45, 2.75) is 44.8 Å². The minimum Gasteiger partial charge on any atom is -0.242 e. The predicted molar refractivity (Wildman–Crippen MR) is 47.6 cm³/mol. The van der Waals surface area contributed by atoms with Crippen molar-refractivity contribution in [1.29, 1.82) is 0 Å². The highest BCUT2D eigenvalue weighted by Crippen LogP contribution is 2.14. The van der Waals surface area contributed by atoms with Crippen LogP contribution in [0.4, 0.5) is 0 Å². The van der Waals surface area contributed by atoms with Crippen LogP contribution in [0, 0.1) is 0 Å². The number of hydrogen-bond donors (Lipinski definition) is 0. The van der Waals surface area contributed by atoms with Crippen LogP contribution in [0.25, 0.3) is 0 Å². The van der Waals surface area contributed by atoms with Gasteiger partial charge in [0.15, 0.2) is 0 Å². The van der Waals surface area contributed by atoms with Crippen molar-refractivity contribution in [1.82, 2.24) is 0 Å². The Hall–Kier alpha value is 0.440. The molecule has 0 N–H and O–H groups in total. The number of hydrogen-bond acceptors (Lipinski definition) is 1. The van der Waals surface area contributed by atoms with Gasteiger partial charge >= 0.3 is 0 Å². The van der Waals surface area contributed by atoms with Crippen molar-refractivity contribution in [3.63, 3.8) is 0 Å². The summed E-state index contributed by atoms with van der Waals surface area (Å²) in [5.74, 6) is 0. The molecule has 10 heavy (non-hydrogen) atoms. The average molecular weight is 183 g/mol. The summed E-state index contributed by atoms with van der Waals surface area (Å²) >= 11 is 0. The van der Waals surface area contributed by atoms with Gasteiger partial charge in [0.25, 0.3) is 0 Å². The van der Waals surface area contributed by atoms with E-state index in [4.69, 9.17) is 10.7 Å². The molecule has 0 spiro atoms. The Morgan fingerprint density at radius 2 is 1.70 bits per heavy atom. The van der Waals surface area contributed by atoms with E-state index < -0.39 is 10.0 Å². The lowest BCUT2D eigenvalue weighted by Gasteiger charge is -2.08. The predicted octanol–water partition coefficient (Wildman–Crippen LogP) is 2.86. The SMILES string of the molecule is CCCC(CCC)S(=O)Cl. The van der Waals surface area contributed by atoms with Crippen LogP contribution >= 0.6 is 10.7 Å². The highest BCUT2D eigenvalue weighted by atomic mass is 35.7. The molecule has 0 aliphatic carbocycles. The van der Waals surface area contributed by atoms with E-state index in [0.717, 1.165) is 25.7 Å². The smallest absolute Gasteiger partial charge is 0.118 e. The molecule has 1 nitrogen and oxygen atoms in total. The molecule has 62 valence electrons. The fraction of sp³-hybridized carbons (Fsp3) is 1.00. The first-order valence-electron chi connectivity index (χ1n) is 3.79. The van der Waals surface area contributed by atoms with Crippen LogP contribution in [-0.2, 0) is 10.0 Å². The van der Waals surface area contributed by atoms with Gasteiger partial charge in [-0.25, -0.2) is 4.21 Å². The van der Waals surface area contributed by atoms with Gasteiger partial charge < -0.3 is 0 Å². The normalized spacial score (nSPS) is 14.0. The third-order valence-electron chi connectivity index (χ3n) is 1.48. The molecule has 0 aliphatic rings. The molecule has 0 radical (unpaired) electrons. The zero-order valence-electron chi connectivity index (χ0n) is 6.60. The molecule has 1 atom stereocenters. The van der Waals surface area contributed by atoms with E-state index in [1.807, 2.05) is 0 Å². The first kappa shape index (κ1) is 10.4. The highest BCUT2D eigenvalue weighted by molar-refractivity contribution is 8.08. The number of halogens is 1. The van der Waals surface area contributed by atoms with Gasteiger partial charge in [0.2, 0.25) is 0 Å². The molecule has 0 rings (SSSR count). The summed E-state index contributed by atoms with van der Waals surface area (Å²) in [6, 6.07) is 0. The van der Waals surface area contributed by atoms with Crippen molar-refractivity contribution in [3.05, 3.63) is 0 Å². The van der Waals surface area contributed by atoms with E-state index in [1.165, 1.54) is 0 Å². The average Bonchev–Trinajstić information content (AvgIpc) is 1.87. The summed E-state index contributed by atoms with van der Waals surface area (Å²) in [6.45, 7) is 4.18. The second-order valence-corrected chi connectivity index (χ2v) is 4.52. The molecule has 0 heterocycles. The topological polar surface area (TPSA) is 17.1 Å². The van der Waals surface area contributed by atoms with E-state index in [2.05, 4.69) is 13.8 Å². The lowest BCUT2D eigenvalue weighted by Crippen LogP contribution is -2.09. The molecule has 0 aromatic heterocycles. The minimum absolute atomic E-state index is 0.219. The van der Waals surface area contributed by atoms with Crippen LogP contribution in [0.3, 0.4) is 0 Å². The third-order valence-corrected chi connectivity index (χ3v) is 3.23. The fourth-order valence-electron chi connectivity index (χ4n) is 0.974. The maximum atomic E-state index is 10.8. The van der Waals surface area contributed by atoms with Crippen LogP contribution in [0.2, 0.25) is 0 Å². The lowest BCUT2D eigenvalue weighted by atomic mass is 10.2. The molecule has 0 aromatic carbocycles. The molecule has 0 fully saturated rings. The van der Waals surface area contributed by atoms with E-state index in [9.17, 15) is 4.21 Å². The molecule has 3 heteroatoms. The largest absolute Gasteiger partial charge is 0.242 e. The maximum Gasteiger partial charge on any atom is 0.118 e. The fourth-order valence-corrected chi connectivity index (χ4v) is 2.35. The monoisotopic (exact) mass is 182 g/mol. The second-order valence-electron chi connectivity index (χ2n) is 2.45. The van der Waals surface area contributed by atoms with Crippen LogP contribution in [0.5, 0.6) is 0 Å². The molecule has 0 aromatic rings. The number of rotatable bonds is 5. The van der Waals surface area contributed by atoms with E-state index in [0.29, 0.717) is 0 Å². The van der Waals surface area contributed by atoms with Gasteiger partial charge in [0.05, 0.1) is 0 Å². The summed E-state index contributed by atoms with van der Waals surface area (Å²) in [5, 5.41) is 0.219. The first-order chi connectivity index (χ1) is 4.72. The van der Waals surface area contributed by atoms with E-state index in [-0.39, 0.29) is 5.25 Å². The van der Waals surface area contributed by atoms with Gasteiger partial charge in [0.1, 0.15) is 10.0 Å². The van der Waals surface area contributed by atoms with Crippen molar-refractivity contribution >= 4 is 20.7 Å². The zero-order valence-corrected chi connectivity index (χ0v) is 8.17. The second kappa shape index (κ2) is 6.17. The van der Waals surface area contributed by atoms with Crippen molar-refractivity contribution in [2.75, 3.05) is 0 Å². The van der Waals surface area contributed by atoms with Gasteiger partial charge in [0, 0.05) is 5.25 Å². The zero-order chi connectivity index (χ0) is 7.98. The molecule has 0 bridgehead atoms. The van der Waals surface area contributed by atoms with Crippen molar-refractivity contribution in [2.24, 2.45) is 0 Å². The molecule has 0 aliphatic heterocycles. The van der Waals surface area contributed by atoms with E-state index in [1.54, 1.807) is 0 Å². The summed E-state index contributed by atoms with van der Waals surface area (Å²) in [5.41, 5.74) is 0. The quantitative estimate of drug-likeness (QED) is 0.598. The summed E-state index contributed by atoms with van der Waals surface area (Å²) in [7, 11) is 4.34. The molecule has 1 unspecified atom stereocenters. The summed E-state index contributed by atoms with van der Waals surface area (Å²) in [4.78, 5) is 0. The lowest BCUT2D eigenvalue weighted by molar-refractivity contribution is 0.632. The third kappa shape index (κ3) is 4.29. The molecule has 0 amide bonds. The van der Waals surface area contributed by atoms with Crippen LogP contribution in [0.15, 0.2) is 0 Å². The van der Waals surface area contributed by atoms with Gasteiger partial charge in [-0.05, 0) is 23.5 Å². The van der Waals surface area contributed by atoms with Gasteiger partial charge in [-0.1, -0.05) is 26.7 Å². The van der Waals surface area contributed by atoms with Gasteiger partial charge in [-0.2, -0.15) is 0 Å². The Balaban J connectivity index is 3.61. The molecule has 0 saturated carbocycles. The Morgan fingerprint density at radius 1 is 1.30 bits per heavy atom.